The van der Waals surface area contributed by atoms with Crippen LogP contribution in [0.4, 0.5) is 5.82 Å². The largest absolute Gasteiger partial charge is 0.381 e. The number of aromatic nitrogens is 3. The van der Waals surface area contributed by atoms with Crippen LogP contribution < -0.4 is 11.1 Å². The summed E-state index contributed by atoms with van der Waals surface area (Å²) in [7, 11) is 0. The van der Waals surface area contributed by atoms with Crippen molar-refractivity contribution in [1.82, 2.24) is 24.8 Å². The van der Waals surface area contributed by atoms with Crippen LogP contribution in [0.1, 0.15) is 58.0 Å². The third-order valence-electron chi connectivity index (χ3n) is 7.33. The fourth-order valence-electron chi connectivity index (χ4n) is 5.23. The quantitative estimate of drug-likeness (QED) is 0.605. The molecular formula is C25H28N6O3. The van der Waals surface area contributed by atoms with Crippen molar-refractivity contribution in [2.75, 3.05) is 18.9 Å². The lowest BCUT2D eigenvalue weighted by molar-refractivity contribution is 0.0696. The number of carbonyl (C=O) groups excluding carboxylic acids is 2. The second kappa shape index (κ2) is 7.80. The Morgan fingerprint density at radius 3 is 2.85 bits per heavy atom. The van der Waals surface area contributed by atoms with Crippen LogP contribution in [0.5, 0.6) is 0 Å². The van der Waals surface area contributed by atoms with Crippen molar-refractivity contribution in [3.63, 3.8) is 0 Å². The SMILES string of the molecule is Cc1cc(-c2ccn3nc(N)c(C(=O)N[C@H]4CCOC4)c3n2)cc2c1C(=O)N([C@@H](C)C1CC1)C2. The second-order valence-electron chi connectivity index (χ2n) is 9.71. The number of hydrogen-bond acceptors (Lipinski definition) is 6. The zero-order chi connectivity index (χ0) is 23.6. The topological polar surface area (TPSA) is 115 Å². The van der Waals surface area contributed by atoms with E-state index in [-0.39, 0.29) is 35.3 Å². The molecule has 1 saturated carbocycles. The summed E-state index contributed by atoms with van der Waals surface area (Å²) in [6.07, 6.45) is 4.94. The molecule has 2 fully saturated rings. The zero-order valence-corrected chi connectivity index (χ0v) is 19.4. The van der Waals surface area contributed by atoms with Gasteiger partial charge in [0.1, 0.15) is 5.56 Å². The summed E-state index contributed by atoms with van der Waals surface area (Å²) in [5.74, 6) is 0.588. The number of nitrogens with one attached hydrogen (secondary N) is 1. The molecule has 2 aliphatic heterocycles. The first-order chi connectivity index (χ1) is 16.4. The summed E-state index contributed by atoms with van der Waals surface area (Å²) in [6, 6.07) is 6.12. The molecule has 2 aromatic heterocycles. The molecular weight excluding hydrogens is 432 g/mol. The van der Waals surface area contributed by atoms with Gasteiger partial charge in [0.25, 0.3) is 11.8 Å². The Bertz CT molecular complexity index is 1320. The van der Waals surface area contributed by atoms with Gasteiger partial charge in [0, 0.05) is 36.5 Å². The first kappa shape index (κ1) is 21.1. The number of aryl methyl sites for hydroxylation is 1. The fraction of sp³-hybridized carbons (Fsp3) is 0.440. The summed E-state index contributed by atoms with van der Waals surface area (Å²) in [4.78, 5) is 32.8. The number of anilines is 1. The number of rotatable bonds is 5. The highest BCUT2D eigenvalue weighted by atomic mass is 16.5. The van der Waals surface area contributed by atoms with E-state index in [0.717, 1.165) is 28.7 Å². The van der Waals surface area contributed by atoms with E-state index >= 15 is 0 Å². The van der Waals surface area contributed by atoms with Crippen molar-refractivity contribution < 1.29 is 14.3 Å². The molecule has 0 unspecified atom stereocenters. The minimum Gasteiger partial charge on any atom is -0.381 e. The molecule has 176 valence electrons. The van der Waals surface area contributed by atoms with Gasteiger partial charge >= 0.3 is 0 Å². The Balaban J connectivity index is 1.35. The highest BCUT2D eigenvalue weighted by Crippen LogP contribution is 2.39. The van der Waals surface area contributed by atoms with Gasteiger partial charge in [-0.1, -0.05) is 0 Å². The molecule has 1 aliphatic carbocycles. The lowest BCUT2D eigenvalue weighted by Gasteiger charge is -2.24. The smallest absolute Gasteiger partial charge is 0.259 e. The van der Waals surface area contributed by atoms with Gasteiger partial charge in [-0.25, -0.2) is 9.50 Å². The molecule has 3 aromatic rings. The van der Waals surface area contributed by atoms with E-state index in [1.54, 1.807) is 6.20 Å². The highest BCUT2D eigenvalue weighted by molar-refractivity contribution is 6.04. The van der Waals surface area contributed by atoms with Crippen molar-refractivity contribution in [3.8, 4) is 11.3 Å². The van der Waals surface area contributed by atoms with Gasteiger partial charge < -0.3 is 20.7 Å². The number of hydrogen-bond donors (Lipinski definition) is 2. The second-order valence-corrected chi connectivity index (χ2v) is 9.71. The van der Waals surface area contributed by atoms with Crippen LogP contribution in [-0.2, 0) is 11.3 Å². The average molecular weight is 461 g/mol. The van der Waals surface area contributed by atoms with E-state index in [0.29, 0.717) is 37.0 Å². The maximum atomic E-state index is 13.1. The minimum absolute atomic E-state index is 0.0390. The highest BCUT2D eigenvalue weighted by Gasteiger charge is 2.39. The molecule has 2 amide bonds. The molecule has 6 rings (SSSR count). The van der Waals surface area contributed by atoms with Crippen LogP contribution in [0.3, 0.4) is 0 Å². The van der Waals surface area contributed by atoms with Crippen LogP contribution in [-0.4, -0.2) is 56.6 Å². The molecule has 0 radical (unpaired) electrons. The monoisotopic (exact) mass is 460 g/mol. The van der Waals surface area contributed by atoms with Crippen LogP contribution in [0.15, 0.2) is 24.4 Å². The summed E-state index contributed by atoms with van der Waals surface area (Å²) in [6.45, 7) is 5.88. The van der Waals surface area contributed by atoms with Crippen molar-refractivity contribution >= 4 is 23.3 Å². The molecule has 34 heavy (non-hydrogen) atoms. The zero-order valence-electron chi connectivity index (χ0n) is 19.4. The first-order valence-corrected chi connectivity index (χ1v) is 11.9. The Hall–Kier alpha value is -3.46. The lowest BCUT2D eigenvalue weighted by atomic mass is 9.98. The van der Waals surface area contributed by atoms with Crippen LogP contribution >= 0.6 is 0 Å². The number of carbonyl (C=O) groups is 2. The molecule has 3 aliphatic rings. The van der Waals surface area contributed by atoms with Crippen LogP contribution in [0.2, 0.25) is 0 Å². The number of nitrogens with zero attached hydrogens (tertiary/aromatic N) is 4. The number of ether oxygens (including phenoxy) is 1. The van der Waals surface area contributed by atoms with Gasteiger partial charge in [0.15, 0.2) is 11.5 Å². The number of benzene rings is 1. The lowest BCUT2D eigenvalue weighted by Crippen LogP contribution is -2.35. The van der Waals surface area contributed by atoms with Gasteiger partial charge in [0.2, 0.25) is 0 Å². The van der Waals surface area contributed by atoms with E-state index < -0.39 is 0 Å². The van der Waals surface area contributed by atoms with E-state index in [1.807, 2.05) is 30.0 Å². The third kappa shape index (κ3) is 3.42. The molecule has 2 atom stereocenters. The standard InChI is InChI=1S/C25H28N6O3/c1-13-9-16(10-17-11-30(25(33)20(13)17)14(2)15-3-4-15)19-5-7-31-23(28-19)21(22(26)29-31)24(32)27-18-6-8-34-12-18/h5,7,9-10,14-15,18H,3-4,6,8,11-12H2,1-2H3,(H2,26,29)(H,27,32)/t14-,18-/m0/s1. The molecule has 9 nitrogen and oxygen atoms in total. The number of amides is 2. The summed E-state index contributed by atoms with van der Waals surface area (Å²) in [5.41, 5.74) is 11.2. The molecule has 0 spiro atoms. The molecule has 1 aromatic carbocycles. The van der Waals surface area contributed by atoms with Crippen molar-refractivity contribution in [2.24, 2.45) is 5.92 Å². The number of nitrogen functional groups attached to an aromatic ring is 1. The average Bonchev–Trinajstić information content (AvgIpc) is 3.28. The van der Waals surface area contributed by atoms with Gasteiger partial charge in [0.05, 0.1) is 18.3 Å². The molecule has 0 bridgehead atoms. The Morgan fingerprint density at radius 1 is 1.29 bits per heavy atom. The predicted molar refractivity (Wildman–Crippen MR) is 126 cm³/mol. The molecule has 4 heterocycles. The molecule has 3 N–H and O–H groups in total. The van der Waals surface area contributed by atoms with E-state index in [9.17, 15) is 9.59 Å². The fourth-order valence-corrected chi connectivity index (χ4v) is 5.23. The molecule has 9 heteroatoms. The van der Waals surface area contributed by atoms with E-state index in [4.69, 9.17) is 15.5 Å². The predicted octanol–water partition coefficient (Wildman–Crippen LogP) is 2.56. The number of nitrogens with two attached hydrogens (primary N) is 1. The van der Waals surface area contributed by atoms with E-state index in [2.05, 4.69) is 17.3 Å². The Kier molecular flexibility index (Phi) is 4.84. The van der Waals surface area contributed by atoms with Crippen LogP contribution in [0.25, 0.3) is 16.9 Å². The first-order valence-electron chi connectivity index (χ1n) is 11.9. The minimum atomic E-state index is -0.298. The third-order valence-corrected chi connectivity index (χ3v) is 7.33. The Labute approximate surface area is 197 Å². The van der Waals surface area contributed by atoms with Gasteiger partial charge in [-0.15, -0.1) is 5.10 Å². The van der Waals surface area contributed by atoms with Crippen LogP contribution in [0, 0.1) is 12.8 Å². The molecule has 1 saturated heterocycles. The number of fused-ring (bicyclic) bond motifs is 2. The Morgan fingerprint density at radius 2 is 2.12 bits per heavy atom. The van der Waals surface area contributed by atoms with Gasteiger partial charge in [-0.05, 0) is 68.4 Å². The van der Waals surface area contributed by atoms with Gasteiger partial charge in [-0.3, -0.25) is 9.59 Å². The van der Waals surface area contributed by atoms with Gasteiger partial charge in [-0.2, -0.15) is 0 Å². The maximum Gasteiger partial charge on any atom is 0.259 e. The summed E-state index contributed by atoms with van der Waals surface area (Å²) in [5, 5.41) is 7.24. The maximum absolute atomic E-state index is 13.1. The van der Waals surface area contributed by atoms with E-state index in [1.165, 1.54) is 17.4 Å². The van der Waals surface area contributed by atoms with Crippen molar-refractivity contribution in [3.05, 3.63) is 46.6 Å². The summed E-state index contributed by atoms with van der Waals surface area (Å²) >= 11 is 0. The van der Waals surface area contributed by atoms with Crippen molar-refractivity contribution in [2.45, 2.75) is 51.7 Å². The summed E-state index contributed by atoms with van der Waals surface area (Å²) < 4.78 is 6.88. The van der Waals surface area contributed by atoms with Crippen molar-refractivity contribution in [1.29, 1.82) is 0 Å². The normalized spacial score (nSPS) is 20.7.